The lowest BCUT2D eigenvalue weighted by molar-refractivity contribution is 0.298. The minimum atomic E-state index is -3.14. The molecule has 0 aliphatic rings. The molecule has 1 N–H and O–H groups in total. The van der Waals surface area contributed by atoms with E-state index < -0.39 is 14.6 Å². The molecule has 0 atom stereocenters. The number of hydrogen-bond donors (Lipinski definition) is 1. The standard InChI is InChI=1S/C10H19N3O3S/c1-10(2,3)17(15,16)7-5-13-8-9(4-6-14)11-12-13/h8,14H,4-7H2,1-3H3. The first-order chi connectivity index (χ1) is 7.76. The van der Waals surface area contributed by atoms with Crippen molar-refractivity contribution in [3.05, 3.63) is 11.9 Å². The summed E-state index contributed by atoms with van der Waals surface area (Å²) in [6.07, 6.45) is 2.10. The van der Waals surface area contributed by atoms with Crippen LogP contribution in [0.4, 0.5) is 0 Å². The maximum atomic E-state index is 11.9. The fraction of sp³-hybridized carbons (Fsp3) is 0.800. The molecule has 0 spiro atoms. The third kappa shape index (κ3) is 3.78. The summed E-state index contributed by atoms with van der Waals surface area (Å²) in [6, 6.07) is 0. The molecule has 17 heavy (non-hydrogen) atoms. The van der Waals surface area contributed by atoms with E-state index in [4.69, 9.17) is 5.11 Å². The third-order valence-electron chi connectivity index (χ3n) is 2.48. The average molecular weight is 261 g/mol. The van der Waals surface area contributed by atoms with Gasteiger partial charge in [0.15, 0.2) is 9.84 Å². The number of sulfone groups is 1. The van der Waals surface area contributed by atoms with E-state index in [1.165, 1.54) is 4.68 Å². The molecule has 0 aromatic carbocycles. The van der Waals surface area contributed by atoms with Gasteiger partial charge in [-0.15, -0.1) is 5.10 Å². The van der Waals surface area contributed by atoms with Gasteiger partial charge >= 0.3 is 0 Å². The van der Waals surface area contributed by atoms with Gasteiger partial charge in [-0.2, -0.15) is 0 Å². The summed E-state index contributed by atoms with van der Waals surface area (Å²) in [6.45, 7) is 5.35. The van der Waals surface area contributed by atoms with Crippen LogP contribution < -0.4 is 0 Å². The number of aromatic nitrogens is 3. The zero-order valence-electron chi connectivity index (χ0n) is 10.4. The number of hydrogen-bond acceptors (Lipinski definition) is 5. The minimum Gasteiger partial charge on any atom is -0.396 e. The van der Waals surface area contributed by atoms with Gasteiger partial charge in [0.05, 0.1) is 22.7 Å². The average Bonchev–Trinajstić information content (AvgIpc) is 2.62. The van der Waals surface area contributed by atoms with E-state index in [-0.39, 0.29) is 18.9 Å². The van der Waals surface area contributed by atoms with Gasteiger partial charge < -0.3 is 5.11 Å². The fourth-order valence-corrected chi connectivity index (χ4v) is 2.24. The summed E-state index contributed by atoms with van der Waals surface area (Å²) in [5, 5.41) is 16.4. The highest BCUT2D eigenvalue weighted by atomic mass is 32.2. The monoisotopic (exact) mass is 261 g/mol. The van der Waals surface area contributed by atoms with E-state index in [0.29, 0.717) is 12.1 Å². The molecule has 98 valence electrons. The van der Waals surface area contributed by atoms with Gasteiger partial charge in [-0.25, -0.2) is 8.42 Å². The normalized spacial score (nSPS) is 12.9. The van der Waals surface area contributed by atoms with Gasteiger partial charge in [0.2, 0.25) is 0 Å². The van der Waals surface area contributed by atoms with E-state index in [0.717, 1.165) is 0 Å². The maximum Gasteiger partial charge on any atom is 0.157 e. The smallest absolute Gasteiger partial charge is 0.157 e. The predicted molar refractivity (Wildman–Crippen MR) is 64.4 cm³/mol. The van der Waals surface area contributed by atoms with Crippen LogP contribution in [0.15, 0.2) is 6.20 Å². The van der Waals surface area contributed by atoms with Crippen molar-refractivity contribution in [2.45, 2.75) is 38.5 Å². The topological polar surface area (TPSA) is 85.1 Å². The van der Waals surface area contributed by atoms with Gasteiger partial charge in [-0.05, 0) is 20.8 Å². The van der Waals surface area contributed by atoms with Gasteiger partial charge in [0.25, 0.3) is 0 Å². The Morgan fingerprint density at radius 1 is 1.41 bits per heavy atom. The molecule has 6 nitrogen and oxygen atoms in total. The molecule has 7 heteroatoms. The Balaban J connectivity index is 2.62. The van der Waals surface area contributed by atoms with Crippen molar-refractivity contribution in [1.82, 2.24) is 15.0 Å². The van der Waals surface area contributed by atoms with Crippen LogP contribution in [0.25, 0.3) is 0 Å². The molecule has 0 amide bonds. The number of aryl methyl sites for hydroxylation is 1. The lowest BCUT2D eigenvalue weighted by Crippen LogP contribution is -2.32. The number of aliphatic hydroxyl groups is 1. The number of aliphatic hydroxyl groups excluding tert-OH is 1. The van der Waals surface area contributed by atoms with Crippen molar-refractivity contribution in [2.75, 3.05) is 12.4 Å². The molecular formula is C10H19N3O3S. The summed E-state index contributed by atoms with van der Waals surface area (Å²) >= 11 is 0. The molecule has 0 radical (unpaired) electrons. The highest BCUT2D eigenvalue weighted by Gasteiger charge is 2.28. The van der Waals surface area contributed by atoms with Crippen molar-refractivity contribution >= 4 is 9.84 Å². The molecule has 0 unspecified atom stereocenters. The van der Waals surface area contributed by atoms with E-state index in [1.807, 2.05) is 0 Å². The molecule has 0 saturated carbocycles. The quantitative estimate of drug-likeness (QED) is 0.808. The predicted octanol–water partition coefficient (Wildman–Crippen LogP) is 0.0262. The lowest BCUT2D eigenvalue weighted by Gasteiger charge is -2.18. The largest absolute Gasteiger partial charge is 0.396 e. The summed E-state index contributed by atoms with van der Waals surface area (Å²) < 4.78 is 24.5. The van der Waals surface area contributed by atoms with Crippen molar-refractivity contribution in [3.8, 4) is 0 Å². The molecule has 1 aromatic rings. The van der Waals surface area contributed by atoms with Gasteiger partial charge in [-0.1, -0.05) is 5.21 Å². The maximum absolute atomic E-state index is 11.9. The second-order valence-corrected chi connectivity index (χ2v) is 7.74. The summed E-state index contributed by atoms with van der Waals surface area (Å²) in [5.74, 6) is 0.0401. The molecule has 0 aliphatic heterocycles. The molecule has 1 heterocycles. The first-order valence-corrected chi connectivity index (χ1v) is 7.13. The first kappa shape index (κ1) is 14.1. The van der Waals surface area contributed by atoms with E-state index in [1.54, 1.807) is 27.0 Å². The Morgan fingerprint density at radius 2 is 2.06 bits per heavy atom. The SMILES string of the molecule is CC(C)(C)S(=O)(=O)CCn1cc(CCO)nn1. The first-order valence-electron chi connectivity index (χ1n) is 5.48. The summed E-state index contributed by atoms with van der Waals surface area (Å²) in [7, 11) is -3.14. The zero-order valence-corrected chi connectivity index (χ0v) is 11.2. The zero-order chi connectivity index (χ0) is 13.1. The fourth-order valence-electron chi connectivity index (χ4n) is 1.20. The molecule has 0 aliphatic carbocycles. The molecule has 0 fully saturated rings. The van der Waals surface area contributed by atoms with Crippen molar-refractivity contribution in [1.29, 1.82) is 0 Å². The summed E-state index contributed by atoms with van der Waals surface area (Å²) in [4.78, 5) is 0. The summed E-state index contributed by atoms with van der Waals surface area (Å²) in [5.41, 5.74) is 0.667. The van der Waals surface area contributed by atoms with Crippen LogP contribution in [0.1, 0.15) is 26.5 Å². The van der Waals surface area contributed by atoms with Gasteiger partial charge in [-0.3, -0.25) is 4.68 Å². The Bertz CT molecular complexity index is 459. The minimum absolute atomic E-state index is 0.0129. The van der Waals surface area contributed by atoms with E-state index in [9.17, 15) is 8.42 Å². The van der Waals surface area contributed by atoms with Crippen LogP contribution in [-0.4, -0.2) is 45.6 Å². The number of nitrogens with zero attached hydrogens (tertiary/aromatic N) is 3. The highest BCUT2D eigenvalue weighted by molar-refractivity contribution is 7.92. The Morgan fingerprint density at radius 3 is 2.59 bits per heavy atom. The van der Waals surface area contributed by atoms with Crippen molar-refractivity contribution in [2.24, 2.45) is 0 Å². The highest BCUT2D eigenvalue weighted by Crippen LogP contribution is 2.16. The second kappa shape index (κ2) is 5.14. The van der Waals surface area contributed by atoms with E-state index >= 15 is 0 Å². The van der Waals surface area contributed by atoms with Crippen molar-refractivity contribution < 1.29 is 13.5 Å². The third-order valence-corrected chi connectivity index (χ3v) is 5.06. The number of rotatable bonds is 5. The molecule has 0 bridgehead atoms. The van der Waals surface area contributed by atoms with Gasteiger partial charge in [0, 0.05) is 19.2 Å². The molecular weight excluding hydrogens is 242 g/mol. The van der Waals surface area contributed by atoms with E-state index in [2.05, 4.69) is 10.3 Å². The van der Waals surface area contributed by atoms with Crippen LogP contribution in [0.2, 0.25) is 0 Å². The Hall–Kier alpha value is -0.950. The van der Waals surface area contributed by atoms with Crippen LogP contribution in [-0.2, 0) is 22.8 Å². The van der Waals surface area contributed by atoms with Crippen LogP contribution in [0.5, 0.6) is 0 Å². The van der Waals surface area contributed by atoms with Crippen molar-refractivity contribution in [3.63, 3.8) is 0 Å². The van der Waals surface area contributed by atoms with Crippen LogP contribution >= 0.6 is 0 Å². The van der Waals surface area contributed by atoms with Crippen LogP contribution in [0.3, 0.4) is 0 Å². The molecule has 1 aromatic heterocycles. The Kier molecular flexibility index (Phi) is 4.26. The molecule has 1 rings (SSSR count). The molecule has 0 saturated heterocycles. The van der Waals surface area contributed by atoms with Crippen LogP contribution in [0, 0.1) is 0 Å². The second-order valence-electron chi connectivity index (χ2n) is 4.88. The lowest BCUT2D eigenvalue weighted by atomic mass is 10.3. The van der Waals surface area contributed by atoms with Gasteiger partial charge in [0.1, 0.15) is 0 Å². The Labute approximate surface area is 102 Å².